The van der Waals surface area contributed by atoms with Gasteiger partial charge in [-0.1, -0.05) is 27.2 Å². The van der Waals surface area contributed by atoms with Crippen LogP contribution < -0.4 is 5.32 Å². The van der Waals surface area contributed by atoms with E-state index in [9.17, 15) is 0 Å². The van der Waals surface area contributed by atoms with E-state index >= 15 is 0 Å². The Labute approximate surface area is 102 Å². The summed E-state index contributed by atoms with van der Waals surface area (Å²) in [5.74, 6) is 0.931. The van der Waals surface area contributed by atoms with Crippen LogP contribution in [0.25, 0.3) is 0 Å². The van der Waals surface area contributed by atoms with E-state index in [4.69, 9.17) is 0 Å². The van der Waals surface area contributed by atoms with Crippen LogP contribution in [-0.2, 0) is 12.0 Å². The molecule has 3 heteroatoms. The fourth-order valence-corrected chi connectivity index (χ4v) is 2.74. The van der Waals surface area contributed by atoms with Crippen LogP contribution in [0.3, 0.4) is 0 Å². The highest BCUT2D eigenvalue weighted by Gasteiger charge is 2.19. The Kier molecular flexibility index (Phi) is 3.65. The quantitative estimate of drug-likeness (QED) is 0.870. The van der Waals surface area contributed by atoms with Crippen LogP contribution in [0.2, 0.25) is 0 Å². The lowest BCUT2D eigenvalue weighted by Crippen LogP contribution is -2.27. The normalized spacial score (nSPS) is 17.4. The molecule has 90 valence electrons. The van der Waals surface area contributed by atoms with Gasteiger partial charge in [0.15, 0.2) is 0 Å². The molecule has 1 heterocycles. The lowest BCUT2D eigenvalue weighted by Gasteiger charge is -2.25. The SMILES string of the molecule is CC(C)(C)c1nc(CNCC2CCC2)cs1. The molecule has 1 saturated carbocycles. The molecule has 0 saturated heterocycles. The van der Waals surface area contributed by atoms with Gasteiger partial charge in [-0.2, -0.15) is 0 Å². The summed E-state index contributed by atoms with van der Waals surface area (Å²) in [5, 5.41) is 6.94. The highest BCUT2D eigenvalue weighted by molar-refractivity contribution is 7.09. The van der Waals surface area contributed by atoms with Crippen molar-refractivity contribution in [2.24, 2.45) is 5.92 Å². The van der Waals surface area contributed by atoms with E-state index in [1.165, 1.54) is 36.5 Å². The zero-order valence-corrected chi connectivity index (χ0v) is 11.4. The van der Waals surface area contributed by atoms with Gasteiger partial charge in [-0.05, 0) is 25.3 Å². The van der Waals surface area contributed by atoms with E-state index in [0.717, 1.165) is 12.5 Å². The first kappa shape index (κ1) is 12.1. The van der Waals surface area contributed by atoms with Gasteiger partial charge in [0.2, 0.25) is 0 Å². The summed E-state index contributed by atoms with van der Waals surface area (Å²) in [7, 11) is 0. The summed E-state index contributed by atoms with van der Waals surface area (Å²) in [6.07, 6.45) is 4.26. The molecule has 2 nitrogen and oxygen atoms in total. The van der Waals surface area contributed by atoms with E-state index in [-0.39, 0.29) is 5.41 Å². The monoisotopic (exact) mass is 238 g/mol. The first-order valence-electron chi connectivity index (χ1n) is 6.21. The molecular formula is C13H22N2S. The minimum atomic E-state index is 0.191. The highest BCUT2D eigenvalue weighted by Crippen LogP contribution is 2.26. The van der Waals surface area contributed by atoms with Crippen LogP contribution >= 0.6 is 11.3 Å². The average Bonchev–Trinajstić information content (AvgIpc) is 2.56. The Hall–Kier alpha value is -0.410. The summed E-state index contributed by atoms with van der Waals surface area (Å²) >= 11 is 1.78. The van der Waals surface area contributed by atoms with Crippen LogP contribution in [0, 0.1) is 5.92 Å². The topological polar surface area (TPSA) is 24.9 Å². The molecule has 1 aromatic rings. The Morgan fingerprint density at radius 3 is 2.69 bits per heavy atom. The van der Waals surface area contributed by atoms with Crippen molar-refractivity contribution in [1.29, 1.82) is 0 Å². The van der Waals surface area contributed by atoms with Gasteiger partial charge in [0.1, 0.15) is 0 Å². The summed E-state index contributed by atoms with van der Waals surface area (Å²) in [6.45, 7) is 8.76. The molecule has 0 amide bonds. The molecule has 0 aliphatic heterocycles. The predicted molar refractivity (Wildman–Crippen MR) is 69.9 cm³/mol. The van der Waals surface area contributed by atoms with E-state index < -0.39 is 0 Å². The third-order valence-electron chi connectivity index (χ3n) is 3.16. The van der Waals surface area contributed by atoms with Crippen LogP contribution in [-0.4, -0.2) is 11.5 Å². The second kappa shape index (κ2) is 4.84. The number of rotatable bonds is 4. The van der Waals surface area contributed by atoms with Crippen molar-refractivity contribution in [3.05, 3.63) is 16.1 Å². The van der Waals surface area contributed by atoms with Crippen molar-refractivity contribution in [3.63, 3.8) is 0 Å². The smallest absolute Gasteiger partial charge is 0.0982 e. The molecule has 1 aromatic heterocycles. The third-order valence-corrected chi connectivity index (χ3v) is 4.47. The Morgan fingerprint density at radius 2 is 2.19 bits per heavy atom. The second-order valence-corrected chi connectivity index (χ2v) is 6.68. The van der Waals surface area contributed by atoms with Crippen molar-refractivity contribution in [2.45, 2.75) is 52.0 Å². The van der Waals surface area contributed by atoms with E-state index in [1.54, 1.807) is 11.3 Å². The van der Waals surface area contributed by atoms with Crippen molar-refractivity contribution < 1.29 is 0 Å². The minimum Gasteiger partial charge on any atom is -0.311 e. The Bertz CT molecular complexity index is 334. The van der Waals surface area contributed by atoms with Crippen LogP contribution in [0.4, 0.5) is 0 Å². The number of nitrogens with zero attached hydrogens (tertiary/aromatic N) is 1. The third kappa shape index (κ3) is 3.05. The standard InChI is InChI=1S/C13H22N2S/c1-13(2,3)12-15-11(9-16-12)8-14-7-10-5-4-6-10/h9-10,14H,4-8H2,1-3H3. The Balaban J connectivity index is 1.78. The number of nitrogens with one attached hydrogen (secondary N) is 1. The number of thiazole rings is 1. The highest BCUT2D eigenvalue weighted by atomic mass is 32.1. The molecule has 16 heavy (non-hydrogen) atoms. The van der Waals surface area contributed by atoms with E-state index in [0.29, 0.717) is 0 Å². The lowest BCUT2D eigenvalue weighted by atomic mass is 9.85. The molecule has 1 fully saturated rings. The maximum Gasteiger partial charge on any atom is 0.0982 e. The number of hydrogen-bond donors (Lipinski definition) is 1. The molecule has 0 spiro atoms. The average molecular weight is 238 g/mol. The van der Waals surface area contributed by atoms with Gasteiger partial charge in [-0.3, -0.25) is 0 Å². The van der Waals surface area contributed by atoms with Crippen LogP contribution in [0.15, 0.2) is 5.38 Å². The van der Waals surface area contributed by atoms with Crippen molar-refractivity contribution >= 4 is 11.3 Å². The van der Waals surface area contributed by atoms with Crippen molar-refractivity contribution in [2.75, 3.05) is 6.54 Å². The maximum absolute atomic E-state index is 4.68. The molecule has 2 rings (SSSR count). The summed E-state index contributed by atoms with van der Waals surface area (Å²) < 4.78 is 0. The van der Waals surface area contributed by atoms with Gasteiger partial charge in [0, 0.05) is 17.3 Å². The molecule has 0 unspecified atom stereocenters. The van der Waals surface area contributed by atoms with Gasteiger partial charge in [-0.25, -0.2) is 4.98 Å². The largest absolute Gasteiger partial charge is 0.311 e. The molecule has 0 aromatic carbocycles. The summed E-state index contributed by atoms with van der Waals surface area (Å²) in [6, 6.07) is 0. The van der Waals surface area contributed by atoms with Crippen molar-refractivity contribution in [3.8, 4) is 0 Å². The zero-order valence-electron chi connectivity index (χ0n) is 10.5. The van der Waals surface area contributed by atoms with Gasteiger partial charge in [0.25, 0.3) is 0 Å². The van der Waals surface area contributed by atoms with Gasteiger partial charge < -0.3 is 5.32 Å². The molecular weight excluding hydrogens is 216 g/mol. The molecule has 0 atom stereocenters. The van der Waals surface area contributed by atoms with E-state index in [1.807, 2.05) is 0 Å². The number of hydrogen-bond acceptors (Lipinski definition) is 3. The lowest BCUT2D eigenvalue weighted by molar-refractivity contribution is 0.301. The molecule has 1 aliphatic carbocycles. The fourth-order valence-electron chi connectivity index (χ4n) is 1.83. The van der Waals surface area contributed by atoms with Crippen LogP contribution in [0.5, 0.6) is 0 Å². The van der Waals surface area contributed by atoms with E-state index in [2.05, 4.69) is 36.5 Å². The second-order valence-electron chi connectivity index (χ2n) is 5.82. The van der Waals surface area contributed by atoms with Gasteiger partial charge in [-0.15, -0.1) is 11.3 Å². The van der Waals surface area contributed by atoms with Crippen LogP contribution in [0.1, 0.15) is 50.7 Å². The summed E-state index contributed by atoms with van der Waals surface area (Å²) in [5.41, 5.74) is 1.39. The van der Waals surface area contributed by atoms with Gasteiger partial charge in [0.05, 0.1) is 10.7 Å². The maximum atomic E-state index is 4.68. The first-order valence-corrected chi connectivity index (χ1v) is 7.09. The summed E-state index contributed by atoms with van der Waals surface area (Å²) in [4.78, 5) is 4.68. The molecule has 1 aliphatic rings. The minimum absolute atomic E-state index is 0.191. The zero-order chi connectivity index (χ0) is 11.6. The van der Waals surface area contributed by atoms with Gasteiger partial charge >= 0.3 is 0 Å². The fraction of sp³-hybridized carbons (Fsp3) is 0.769. The molecule has 1 N–H and O–H groups in total. The first-order chi connectivity index (χ1) is 7.55. The number of aromatic nitrogens is 1. The predicted octanol–water partition coefficient (Wildman–Crippen LogP) is 3.33. The Morgan fingerprint density at radius 1 is 1.44 bits per heavy atom. The van der Waals surface area contributed by atoms with Crippen molar-refractivity contribution in [1.82, 2.24) is 10.3 Å². The molecule has 0 radical (unpaired) electrons. The molecule has 0 bridgehead atoms.